The standard InChI is InChI=1S/C23H24N6O2/c1-14(2)29-8-7-19-18(10-29)21(17(9-24)22(28)23(19,12-25)13-26)15-3-5-16(6-4-15)31-11-20(27)30/h3-7,14,18,21H,8,10-11,28H2,1-2H3,(H2,27,30)/t18-,21+/m0/s1. The Balaban J connectivity index is 2.13. The zero-order valence-electron chi connectivity index (χ0n) is 17.5. The van der Waals surface area contributed by atoms with E-state index < -0.39 is 17.2 Å². The van der Waals surface area contributed by atoms with E-state index in [2.05, 4.69) is 37.0 Å². The molecule has 1 heterocycles. The fourth-order valence-electron chi connectivity index (χ4n) is 4.39. The molecule has 2 atom stereocenters. The molecule has 0 fully saturated rings. The van der Waals surface area contributed by atoms with Crippen LogP contribution in [-0.4, -0.2) is 36.5 Å². The predicted octanol–water partition coefficient (Wildman–Crippen LogP) is 1.68. The number of primary amides is 1. The Morgan fingerprint density at radius 3 is 2.42 bits per heavy atom. The lowest BCUT2D eigenvalue weighted by atomic mass is 9.60. The van der Waals surface area contributed by atoms with E-state index in [1.807, 2.05) is 18.2 Å². The van der Waals surface area contributed by atoms with E-state index in [0.29, 0.717) is 24.4 Å². The van der Waals surface area contributed by atoms with Gasteiger partial charge in [-0.05, 0) is 37.1 Å². The molecule has 1 amide bonds. The van der Waals surface area contributed by atoms with E-state index >= 15 is 0 Å². The summed E-state index contributed by atoms with van der Waals surface area (Å²) in [4.78, 5) is 13.2. The van der Waals surface area contributed by atoms with Gasteiger partial charge < -0.3 is 16.2 Å². The van der Waals surface area contributed by atoms with Gasteiger partial charge in [0.1, 0.15) is 5.75 Å². The van der Waals surface area contributed by atoms with Gasteiger partial charge in [-0.3, -0.25) is 9.69 Å². The van der Waals surface area contributed by atoms with Crippen LogP contribution in [0.15, 0.2) is 47.2 Å². The first kappa shape index (κ1) is 21.9. The summed E-state index contributed by atoms with van der Waals surface area (Å²) in [6.45, 7) is 5.14. The SMILES string of the molecule is CC(C)N1CC=C2[C@H](C1)[C@H](c1ccc(OCC(N)=O)cc1)C(C#N)=C(N)C2(C#N)C#N. The second-order valence-corrected chi connectivity index (χ2v) is 8.03. The van der Waals surface area contributed by atoms with E-state index in [1.54, 1.807) is 12.1 Å². The normalized spacial score (nSPS) is 22.5. The molecule has 0 aromatic heterocycles. The van der Waals surface area contributed by atoms with Crippen LogP contribution in [0.25, 0.3) is 0 Å². The van der Waals surface area contributed by atoms with Crippen molar-refractivity contribution in [3.8, 4) is 24.0 Å². The van der Waals surface area contributed by atoms with Crippen molar-refractivity contribution in [3.05, 3.63) is 52.7 Å². The number of fused-ring (bicyclic) bond motifs is 1. The molecule has 1 aromatic rings. The predicted molar refractivity (Wildman–Crippen MR) is 113 cm³/mol. The maximum absolute atomic E-state index is 10.9. The van der Waals surface area contributed by atoms with Crippen molar-refractivity contribution in [2.75, 3.05) is 19.7 Å². The molecule has 8 nitrogen and oxygen atoms in total. The highest BCUT2D eigenvalue weighted by Crippen LogP contribution is 2.53. The molecule has 0 saturated heterocycles. The van der Waals surface area contributed by atoms with Crippen LogP contribution in [0.2, 0.25) is 0 Å². The summed E-state index contributed by atoms with van der Waals surface area (Å²) in [6, 6.07) is 13.6. The molecule has 1 aliphatic carbocycles. The molecule has 1 aromatic carbocycles. The van der Waals surface area contributed by atoms with Crippen molar-refractivity contribution >= 4 is 5.91 Å². The number of nitriles is 3. The minimum atomic E-state index is -1.64. The van der Waals surface area contributed by atoms with Gasteiger partial charge in [-0.2, -0.15) is 15.8 Å². The Hall–Kier alpha value is -3.80. The monoisotopic (exact) mass is 416 g/mol. The van der Waals surface area contributed by atoms with Crippen LogP contribution in [0.3, 0.4) is 0 Å². The second-order valence-electron chi connectivity index (χ2n) is 8.03. The summed E-state index contributed by atoms with van der Waals surface area (Å²) in [7, 11) is 0. The molecular formula is C23H24N6O2. The first-order chi connectivity index (χ1) is 14.8. The van der Waals surface area contributed by atoms with Crippen LogP contribution >= 0.6 is 0 Å². The van der Waals surface area contributed by atoms with Gasteiger partial charge in [0.2, 0.25) is 5.41 Å². The Morgan fingerprint density at radius 1 is 1.26 bits per heavy atom. The summed E-state index contributed by atoms with van der Waals surface area (Å²) in [5.74, 6) is -0.762. The number of amides is 1. The summed E-state index contributed by atoms with van der Waals surface area (Å²) >= 11 is 0. The van der Waals surface area contributed by atoms with Gasteiger partial charge in [0, 0.05) is 31.0 Å². The molecule has 8 heteroatoms. The molecule has 158 valence electrons. The molecule has 0 saturated carbocycles. The number of hydrogen-bond donors (Lipinski definition) is 2. The van der Waals surface area contributed by atoms with Crippen LogP contribution in [0.1, 0.15) is 25.3 Å². The van der Waals surface area contributed by atoms with E-state index in [4.69, 9.17) is 16.2 Å². The molecule has 1 aliphatic heterocycles. The van der Waals surface area contributed by atoms with Crippen molar-refractivity contribution in [2.24, 2.45) is 22.8 Å². The van der Waals surface area contributed by atoms with E-state index in [1.165, 1.54) is 0 Å². The van der Waals surface area contributed by atoms with Gasteiger partial charge in [0.15, 0.2) is 6.61 Å². The summed E-state index contributed by atoms with van der Waals surface area (Å²) in [6.07, 6.45) is 1.92. The first-order valence-electron chi connectivity index (χ1n) is 9.97. The van der Waals surface area contributed by atoms with Crippen molar-refractivity contribution in [3.63, 3.8) is 0 Å². The van der Waals surface area contributed by atoms with Crippen LogP contribution in [0.4, 0.5) is 0 Å². The fraction of sp³-hybridized carbons (Fsp3) is 0.391. The highest BCUT2D eigenvalue weighted by Gasteiger charge is 2.52. The molecular weight excluding hydrogens is 392 g/mol. The summed E-state index contributed by atoms with van der Waals surface area (Å²) in [5, 5.41) is 29.8. The number of carbonyl (C=O) groups is 1. The van der Waals surface area contributed by atoms with Crippen molar-refractivity contribution in [1.82, 2.24) is 4.90 Å². The number of rotatable bonds is 5. The van der Waals surface area contributed by atoms with Gasteiger partial charge in [0.05, 0.1) is 29.5 Å². The number of benzene rings is 1. The average Bonchev–Trinajstić information content (AvgIpc) is 2.77. The first-order valence-corrected chi connectivity index (χ1v) is 9.97. The Bertz CT molecular complexity index is 1050. The lowest BCUT2D eigenvalue weighted by Gasteiger charge is -2.46. The van der Waals surface area contributed by atoms with Crippen LogP contribution in [0, 0.1) is 45.3 Å². The zero-order valence-corrected chi connectivity index (χ0v) is 17.5. The van der Waals surface area contributed by atoms with Crippen LogP contribution in [-0.2, 0) is 4.79 Å². The topological polar surface area (TPSA) is 153 Å². The summed E-state index contributed by atoms with van der Waals surface area (Å²) < 4.78 is 5.33. The quantitative estimate of drug-likeness (QED) is 0.692. The van der Waals surface area contributed by atoms with Gasteiger partial charge in [0.25, 0.3) is 5.91 Å². The minimum absolute atomic E-state index is 0.000415. The van der Waals surface area contributed by atoms with E-state index in [-0.39, 0.29) is 29.8 Å². The number of nitrogens with zero attached hydrogens (tertiary/aromatic N) is 4. The average molecular weight is 416 g/mol. The number of allylic oxidation sites excluding steroid dienone is 2. The van der Waals surface area contributed by atoms with Crippen LogP contribution in [0.5, 0.6) is 5.75 Å². The highest BCUT2D eigenvalue weighted by atomic mass is 16.5. The van der Waals surface area contributed by atoms with Gasteiger partial charge >= 0.3 is 0 Å². The van der Waals surface area contributed by atoms with Gasteiger partial charge in [-0.25, -0.2) is 0 Å². The van der Waals surface area contributed by atoms with Crippen molar-refractivity contribution in [1.29, 1.82) is 15.8 Å². The number of ether oxygens (including phenoxy) is 1. The largest absolute Gasteiger partial charge is 0.484 e. The van der Waals surface area contributed by atoms with E-state index in [0.717, 1.165) is 5.56 Å². The van der Waals surface area contributed by atoms with Gasteiger partial charge in [-0.15, -0.1) is 0 Å². The lowest BCUT2D eigenvalue weighted by Crippen LogP contribution is -2.48. The zero-order chi connectivity index (χ0) is 22.8. The molecule has 0 radical (unpaired) electrons. The van der Waals surface area contributed by atoms with E-state index in [9.17, 15) is 20.6 Å². The maximum Gasteiger partial charge on any atom is 0.255 e. The molecule has 31 heavy (non-hydrogen) atoms. The summed E-state index contributed by atoms with van der Waals surface area (Å²) in [5.41, 5.74) is 11.5. The Kier molecular flexibility index (Phi) is 6.02. The molecule has 3 rings (SSSR count). The molecule has 4 N–H and O–H groups in total. The smallest absolute Gasteiger partial charge is 0.255 e. The number of nitrogens with two attached hydrogens (primary N) is 2. The molecule has 2 aliphatic rings. The molecule has 0 spiro atoms. The third-order valence-corrected chi connectivity index (χ3v) is 6.02. The maximum atomic E-state index is 10.9. The van der Waals surface area contributed by atoms with Crippen molar-refractivity contribution in [2.45, 2.75) is 25.8 Å². The number of hydrogen-bond acceptors (Lipinski definition) is 7. The lowest BCUT2D eigenvalue weighted by molar-refractivity contribution is -0.119. The second kappa shape index (κ2) is 8.52. The third-order valence-electron chi connectivity index (χ3n) is 6.02. The van der Waals surface area contributed by atoms with Gasteiger partial charge in [-0.1, -0.05) is 18.2 Å². The van der Waals surface area contributed by atoms with Crippen molar-refractivity contribution < 1.29 is 9.53 Å². The minimum Gasteiger partial charge on any atom is -0.484 e. The Morgan fingerprint density at radius 2 is 1.90 bits per heavy atom. The van der Waals surface area contributed by atoms with Crippen LogP contribution < -0.4 is 16.2 Å². The fourth-order valence-corrected chi connectivity index (χ4v) is 4.39. The third kappa shape index (κ3) is 3.72. The number of carbonyl (C=O) groups excluding carboxylic acids is 1. The Labute approximate surface area is 181 Å². The molecule has 0 bridgehead atoms. The molecule has 0 unspecified atom stereocenters. The highest BCUT2D eigenvalue weighted by molar-refractivity contribution is 5.75.